The van der Waals surface area contributed by atoms with E-state index < -0.39 is 0 Å². The van der Waals surface area contributed by atoms with Crippen LogP contribution in [-0.2, 0) is 0 Å². The van der Waals surface area contributed by atoms with E-state index in [-0.39, 0.29) is 0 Å². The molecule has 13 heavy (non-hydrogen) atoms. The van der Waals surface area contributed by atoms with Crippen molar-refractivity contribution in [2.24, 2.45) is 35.1 Å². The molecule has 2 heteroatoms. The predicted molar refractivity (Wildman–Crippen MR) is 55.2 cm³/mol. The summed E-state index contributed by atoms with van der Waals surface area (Å²) in [4.78, 5) is 0. The summed E-state index contributed by atoms with van der Waals surface area (Å²) in [6.45, 7) is 1.76. The molecule has 2 aliphatic carbocycles. The lowest BCUT2D eigenvalue weighted by molar-refractivity contribution is 0.221. The van der Waals surface area contributed by atoms with E-state index in [2.05, 4.69) is 0 Å². The lowest BCUT2D eigenvalue weighted by Gasteiger charge is -2.28. The highest BCUT2D eigenvalue weighted by atomic mass is 14.6. The Kier molecular flexibility index (Phi) is 2.89. The second-order valence-corrected chi connectivity index (χ2v) is 4.91. The maximum Gasteiger partial charge on any atom is -0.00745 e. The Balaban J connectivity index is 1.90. The van der Waals surface area contributed by atoms with E-state index >= 15 is 0 Å². The van der Waals surface area contributed by atoms with E-state index in [0.717, 1.165) is 36.8 Å². The van der Waals surface area contributed by atoms with Crippen LogP contribution in [0.2, 0.25) is 0 Å². The monoisotopic (exact) mass is 182 g/mol. The van der Waals surface area contributed by atoms with Crippen molar-refractivity contribution in [2.75, 3.05) is 13.1 Å². The molecule has 2 saturated carbocycles. The van der Waals surface area contributed by atoms with E-state index in [1.807, 2.05) is 0 Å². The van der Waals surface area contributed by atoms with Crippen LogP contribution < -0.4 is 11.5 Å². The van der Waals surface area contributed by atoms with Crippen molar-refractivity contribution in [1.82, 2.24) is 0 Å². The normalized spacial score (nSPS) is 42.9. The first-order valence-corrected chi connectivity index (χ1v) is 5.75. The molecule has 76 valence electrons. The second-order valence-electron chi connectivity index (χ2n) is 4.91. The second kappa shape index (κ2) is 3.97. The Morgan fingerprint density at radius 1 is 0.846 bits per heavy atom. The van der Waals surface area contributed by atoms with Crippen molar-refractivity contribution in [2.45, 2.75) is 32.1 Å². The molecule has 0 aliphatic heterocycles. The summed E-state index contributed by atoms with van der Waals surface area (Å²) in [5, 5.41) is 0. The van der Waals surface area contributed by atoms with Crippen LogP contribution in [0.5, 0.6) is 0 Å². The van der Waals surface area contributed by atoms with Gasteiger partial charge in [0.25, 0.3) is 0 Å². The molecule has 0 aromatic heterocycles. The summed E-state index contributed by atoms with van der Waals surface area (Å²) < 4.78 is 0. The molecule has 0 radical (unpaired) electrons. The van der Waals surface area contributed by atoms with Gasteiger partial charge in [0.1, 0.15) is 0 Å². The van der Waals surface area contributed by atoms with Gasteiger partial charge in [-0.3, -0.25) is 0 Å². The molecule has 2 unspecified atom stereocenters. The predicted octanol–water partition coefficient (Wildman–Crippen LogP) is 1.35. The van der Waals surface area contributed by atoms with Gasteiger partial charge < -0.3 is 11.5 Å². The van der Waals surface area contributed by atoms with Crippen LogP contribution in [0.1, 0.15) is 32.1 Å². The zero-order valence-electron chi connectivity index (χ0n) is 8.41. The van der Waals surface area contributed by atoms with Crippen molar-refractivity contribution in [3.63, 3.8) is 0 Å². The van der Waals surface area contributed by atoms with Gasteiger partial charge >= 0.3 is 0 Å². The van der Waals surface area contributed by atoms with Gasteiger partial charge in [-0.1, -0.05) is 0 Å². The van der Waals surface area contributed by atoms with Crippen molar-refractivity contribution in [3.05, 3.63) is 0 Å². The standard InChI is InChI=1S/C11H22N2/c12-3-1-9-5-8-6-10(2-4-13)11(9)7-8/h8-11H,1-7,12-13H2. The molecule has 2 bridgehead atoms. The third-order valence-corrected chi connectivity index (χ3v) is 4.16. The highest BCUT2D eigenvalue weighted by molar-refractivity contribution is 4.95. The highest BCUT2D eigenvalue weighted by Gasteiger charge is 2.44. The molecule has 2 atom stereocenters. The summed E-state index contributed by atoms with van der Waals surface area (Å²) in [5.74, 6) is 3.90. The fourth-order valence-corrected chi connectivity index (χ4v) is 3.74. The molecule has 0 aromatic carbocycles. The fourth-order valence-electron chi connectivity index (χ4n) is 3.74. The number of fused-ring (bicyclic) bond motifs is 2. The van der Waals surface area contributed by atoms with E-state index in [1.165, 1.54) is 32.1 Å². The molecule has 2 rings (SSSR count). The molecule has 0 amide bonds. The average molecular weight is 182 g/mol. The van der Waals surface area contributed by atoms with Gasteiger partial charge in [0, 0.05) is 0 Å². The number of nitrogens with two attached hydrogens (primary N) is 2. The molecule has 2 fully saturated rings. The van der Waals surface area contributed by atoms with Crippen LogP contribution in [0.4, 0.5) is 0 Å². The maximum absolute atomic E-state index is 5.63. The molecule has 2 nitrogen and oxygen atoms in total. The number of hydrogen-bond donors (Lipinski definition) is 2. The van der Waals surface area contributed by atoms with Crippen molar-refractivity contribution >= 4 is 0 Å². The molecule has 0 saturated heterocycles. The van der Waals surface area contributed by atoms with E-state index in [4.69, 9.17) is 11.5 Å². The minimum absolute atomic E-state index is 0.878. The van der Waals surface area contributed by atoms with Crippen molar-refractivity contribution < 1.29 is 0 Å². The first kappa shape index (κ1) is 9.47. The summed E-state index contributed by atoms with van der Waals surface area (Å²) in [6.07, 6.45) is 6.91. The van der Waals surface area contributed by atoms with Crippen LogP contribution in [0.3, 0.4) is 0 Å². The molecule has 0 heterocycles. The molecule has 0 aromatic rings. The molecule has 0 spiro atoms. The van der Waals surface area contributed by atoms with E-state index in [0.29, 0.717) is 0 Å². The Labute approximate surface area is 81.1 Å². The van der Waals surface area contributed by atoms with Gasteiger partial charge in [-0.2, -0.15) is 0 Å². The fraction of sp³-hybridized carbons (Fsp3) is 1.00. The Hall–Kier alpha value is -0.0800. The quantitative estimate of drug-likeness (QED) is 0.689. The number of hydrogen-bond acceptors (Lipinski definition) is 2. The van der Waals surface area contributed by atoms with Crippen LogP contribution in [0.15, 0.2) is 0 Å². The lowest BCUT2D eigenvalue weighted by Crippen LogP contribution is -2.24. The highest BCUT2D eigenvalue weighted by Crippen LogP contribution is 2.53. The summed E-state index contributed by atoms with van der Waals surface area (Å²) >= 11 is 0. The van der Waals surface area contributed by atoms with Crippen LogP contribution in [0.25, 0.3) is 0 Å². The molecular formula is C11H22N2. The zero-order valence-corrected chi connectivity index (χ0v) is 8.41. The van der Waals surface area contributed by atoms with Crippen LogP contribution in [0, 0.1) is 23.7 Å². The average Bonchev–Trinajstić information content (AvgIpc) is 2.64. The van der Waals surface area contributed by atoms with Gasteiger partial charge in [0.15, 0.2) is 0 Å². The van der Waals surface area contributed by atoms with Crippen molar-refractivity contribution in [3.8, 4) is 0 Å². The smallest absolute Gasteiger partial charge is 0.00745 e. The summed E-state index contributed by atoms with van der Waals surface area (Å²) in [6, 6.07) is 0. The van der Waals surface area contributed by atoms with Gasteiger partial charge in [-0.25, -0.2) is 0 Å². The molecular weight excluding hydrogens is 160 g/mol. The van der Waals surface area contributed by atoms with E-state index in [9.17, 15) is 0 Å². The SMILES string of the molecule is NCCC1CC2CC(CCN)C1C2. The Morgan fingerprint density at radius 3 is 1.77 bits per heavy atom. The van der Waals surface area contributed by atoms with Crippen LogP contribution >= 0.6 is 0 Å². The first-order chi connectivity index (χ1) is 6.35. The Morgan fingerprint density at radius 2 is 1.38 bits per heavy atom. The van der Waals surface area contributed by atoms with Gasteiger partial charge in [-0.15, -0.1) is 0 Å². The zero-order chi connectivity index (χ0) is 9.26. The van der Waals surface area contributed by atoms with Gasteiger partial charge in [-0.05, 0) is 68.9 Å². The minimum Gasteiger partial charge on any atom is -0.330 e. The number of rotatable bonds is 4. The maximum atomic E-state index is 5.63. The topological polar surface area (TPSA) is 52.0 Å². The lowest BCUT2D eigenvalue weighted by atomic mass is 9.77. The van der Waals surface area contributed by atoms with Crippen LogP contribution in [-0.4, -0.2) is 13.1 Å². The van der Waals surface area contributed by atoms with Crippen molar-refractivity contribution in [1.29, 1.82) is 0 Å². The first-order valence-electron chi connectivity index (χ1n) is 5.75. The minimum atomic E-state index is 0.878. The largest absolute Gasteiger partial charge is 0.330 e. The molecule has 2 aliphatic rings. The van der Waals surface area contributed by atoms with E-state index in [1.54, 1.807) is 0 Å². The summed E-state index contributed by atoms with van der Waals surface area (Å²) in [5.41, 5.74) is 11.3. The molecule has 4 N–H and O–H groups in total. The Bertz CT molecular complexity index is 153. The van der Waals surface area contributed by atoms with Gasteiger partial charge in [0.05, 0.1) is 0 Å². The third-order valence-electron chi connectivity index (χ3n) is 4.16. The summed E-state index contributed by atoms with van der Waals surface area (Å²) in [7, 11) is 0. The third kappa shape index (κ3) is 1.75. The van der Waals surface area contributed by atoms with Gasteiger partial charge in [0.2, 0.25) is 0 Å².